The second-order valence-electron chi connectivity index (χ2n) is 3.47. The highest BCUT2D eigenvalue weighted by molar-refractivity contribution is 5.83. The van der Waals surface area contributed by atoms with Gasteiger partial charge in [-0.15, -0.1) is 0 Å². The van der Waals surface area contributed by atoms with Crippen LogP contribution in [-0.4, -0.2) is 11.1 Å². The average Bonchev–Trinajstić information content (AvgIpc) is 2.32. The second kappa shape index (κ2) is 4.46. The van der Waals surface area contributed by atoms with Crippen molar-refractivity contribution in [2.45, 2.75) is 12.8 Å². The van der Waals surface area contributed by atoms with Gasteiger partial charge in [-0.3, -0.25) is 0 Å². The van der Waals surface area contributed by atoms with Gasteiger partial charge >= 0.3 is 5.97 Å². The third kappa shape index (κ3) is 1.74. The summed E-state index contributed by atoms with van der Waals surface area (Å²) in [7, 11) is 0. The fourth-order valence-corrected chi connectivity index (χ4v) is 1.49. The molecule has 1 unspecified atom stereocenters. The molecular weight excluding hydrogens is 204 g/mol. The number of aliphatic carboxylic acids is 1. The van der Waals surface area contributed by atoms with Crippen LogP contribution in [0.5, 0.6) is 0 Å². The van der Waals surface area contributed by atoms with Crippen LogP contribution in [0.1, 0.15) is 18.4 Å². The number of hydrogen-bond donors (Lipinski definition) is 1. The van der Waals surface area contributed by atoms with E-state index >= 15 is 0 Å². The van der Waals surface area contributed by atoms with Crippen molar-refractivity contribution in [3.63, 3.8) is 0 Å². The van der Waals surface area contributed by atoms with Gasteiger partial charge in [-0.1, -0.05) is 37.3 Å². The maximum Gasteiger partial charge on any atom is 0.339 e. The van der Waals surface area contributed by atoms with Crippen LogP contribution >= 0.6 is 0 Å². The monoisotopic (exact) mass is 214 g/mol. The Kier molecular flexibility index (Phi) is 3.27. The molecule has 0 bridgehead atoms. The van der Waals surface area contributed by atoms with Crippen LogP contribution in [0.3, 0.4) is 0 Å². The molecule has 0 aromatic heterocycles. The molecule has 0 saturated heterocycles. The zero-order valence-electron chi connectivity index (χ0n) is 8.71. The lowest BCUT2D eigenvalue weighted by atomic mass is 9.75. The molecule has 0 saturated carbocycles. The van der Waals surface area contributed by atoms with Crippen LogP contribution in [0.25, 0.3) is 0 Å². The summed E-state index contributed by atoms with van der Waals surface area (Å²) < 4.78 is 0. The van der Waals surface area contributed by atoms with E-state index in [0.29, 0.717) is 5.56 Å². The fraction of sp³-hybridized carbons (Fsp3) is 0.250. The first kappa shape index (κ1) is 11.7. The summed E-state index contributed by atoms with van der Waals surface area (Å²) in [6.45, 7) is 1.57. The van der Waals surface area contributed by atoms with Crippen LogP contribution in [-0.2, 0) is 4.79 Å². The standard InChI is InChI=1S/C12H10N2O2/c1-9(10-5-3-2-4-6-10)12(7-13,8-14)11(15)16/h2-6,9H,1H3,(H,15,16). The molecule has 4 nitrogen and oxygen atoms in total. The molecular formula is C12H10N2O2. The predicted octanol–water partition coefficient (Wildman–Crippen LogP) is 1.91. The highest BCUT2D eigenvalue weighted by Crippen LogP contribution is 2.35. The summed E-state index contributed by atoms with van der Waals surface area (Å²) in [4.78, 5) is 11.1. The SMILES string of the molecule is CC(c1ccccc1)C(C#N)(C#N)C(=O)O. The summed E-state index contributed by atoms with van der Waals surface area (Å²) in [6, 6.07) is 11.9. The predicted molar refractivity (Wildman–Crippen MR) is 56.2 cm³/mol. The van der Waals surface area contributed by atoms with Crippen molar-refractivity contribution in [3.8, 4) is 12.1 Å². The van der Waals surface area contributed by atoms with Crippen molar-refractivity contribution in [2.75, 3.05) is 0 Å². The molecule has 0 aliphatic carbocycles. The third-order valence-electron chi connectivity index (χ3n) is 2.64. The van der Waals surface area contributed by atoms with Gasteiger partial charge in [-0.25, -0.2) is 4.79 Å². The van der Waals surface area contributed by atoms with Crippen molar-refractivity contribution >= 4 is 5.97 Å². The number of carboxylic acid groups (broad SMARTS) is 1. The van der Waals surface area contributed by atoms with E-state index in [1.165, 1.54) is 0 Å². The summed E-state index contributed by atoms with van der Waals surface area (Å²) in [5.74, 6) is -2.09. The molecule has 0 aliphatic rings. The Balaban J connectivity index is 3.23. The van der Waals surface area contributed by atoms with Crippen LogP contribution < -0.4 is 0 Å². The Hall–Kier alpha value is -2.33. The Morgan fingerprint density at radius 3 is 2.19 bits per heavy atom. The Morgan fingerprint density at radius 1 is 1.31 bits per heavy atom. The van der Waals surface area contributed by atoms with Gasteiger partial charge in [-0.05, 0) is 5.56 Å². The van der Waals surface area contributed by atoms with Crippen LogP contribution in [0.15, 0.2) is 30.3 Å². The van der Waals surface area contributed by atoms with Crippen molar-refractivity contribution in [3.05, 3.63) is 35.9 Å². The zero-order valence-corrected chi connectivity index (χ0v) is 8.71. The molecule has 1 aromatic rings. The molecule has 1 aromatic carbocycles. The van der Waals surface area contributed by atoms with Gasteiger partial charge < -0.3 is 5.11 Å². The van der Waals surface area contributed by atoms with Gasteiger partial charge in [0.15, 0.2) is 0 Å². The number of nitriles is 2. The van der Waals surface area contributed by atoms with E-state index in [1.54, 1.807) is 49.4 Å². The van der Waals surface area contributed by atoms with Crippen LogP contribution in [0.2, 0.25) is 0 Å². The number of nitrogens with zero attached hydrogens (tertiary/aromatic N) is 2. The van der Waals surface area contributed by atoms with Gasteiger partial charge in [0, 0.05) is 5.92 Å². The van der Waals surface area contributed by atoms with Gasteiger partial charge in [0.25, 0.3) is 0 Å². The lowest BCUT2D eigenvalue weighted by Crippen LogP contribution is -2.33. The third-order valence-corrected chi connectivity index (χ3v) is 2.64. The zero-order chi connectivity index (χ0) is 12.2. The molecule has 0 fully saturated rings. The van der Waals surface area contributed by atoms with Crippen molar-refractivity contribution in [1.29, 1.82) is 10.5 Å². The van der Waals surface area contributed by atoms with Crippen molar-refractivity contribution < 1.29 is 9.90 Å². The molecule has 1 rings (SSSR count). The largest absolute Gasteiger partial charge is 0.479 e. The van der Waals surface area contributed by atoms with E-state index in [4.69, 9.17) is 15.6 Å². The Labute approximate surface area is 93.4 Å². The average molecular weight is 214 g/mol. The van der Waals surface area contributed by atoms with Gasteiger partial charge in [0.2, 0.25) is 5.41 Å². The van der Waals surface area contributed by atoms with E-state index in [2.05, 4.69) is 0 Å². The number of benzene rings is 1. The first-order valence-electron chi connectivity index (χ1n) is 4.69. The summed E-state index contributed by atoms with van der Waals surface area (Å²) >= 11 is 0. The molecule has 4 heteroatoms. The van der Waals surface area contributed by atoms with Gasteiger partial charge in [0.05, 0.1) is 12.1 Å². The van der Waals surface area contributed by atoms with E-state index in [-0.39, 0.29) is 0 Å². The van der Waals surface area contributed by atoms with Crippen molar-refractivity contribution in [2.24, 2.45) is 5.41 Å². The topological polar surface area (TPSA) is 84.9 Å². The summed E-state index contributed by atoms with van der Waals surface area (Å²) in [5.41, 5.74) is -1.37. The lowest BCUT2D eigenvalue weighted by Gasteiger charge is -2.21. The molecule has 80 valence electrons. The molecule has 1 N–H and O–H groups in total. The molecule has 0 heterocycles. The normalized spacial score (nSPS) is 12.2. The molecule has 1 atom stereocenters. The number of hydrogen-bond acceptors (Lipinski definition) is 3. The van der Waals surface area contributed by atoms with E-state index in [1.807, 2.05) is 0 Å². The summed E-state index contributed by atoms with van der Waals surface area (Å²) in [6.07, 6.45) is 0. The van der Waals surface area contributed by atoms with E-state index < -0.39 is 17.3 Å². The maximum absolute atomic E-state index is 11.1. The Morgan fingerprint density at radius 2 is 1.81 bits per heavy atom. The second-order valence-corrected chi connectivity index (χ2v) is 3.47. The minimum absolute atomic E-state index is 0.660. The lowest BCUT2D eigenvalue weighted by molar-refractivity contribution is -0.143. The van der Waals surface area contributed by atoms with Crippen LogP contribution in [0.4, 0.5) is 0 Å². The number of carboxylic acids is 1. The highest BCUT2D eigenvalue weighted by Gasteiger charge is 2.45. The smallest absolute Gasteiger partial charge is 0.339 e. The Bertz CT molecular complexity index is 454. The first-order valence-corrected chi connectivity index (χ1v) is 4.69. The number of rotatable bonds is 3. The van der Waals surface area contributed by atoms with Crippen molar-refractivity contribution in [1.82, 2.24) is 0 Å². The van der Waals surface area contributed by atoms with Gasteiger partial charge in [-0.2, -0.15) is 10.5 Å². The highest BCUT2D eigenvalue weighted by atomic mass is 16.4. The van der Waals surface area contributed by atoms with Crippen LogP contribution in [0, 0.1) is 28.1 Å². The minimum atomic E-state index is -2.03. The molecule has 0 aliphatic heterocycles. The number of carbonyl (C=O) groups is 1. The molecule has 0 spiro atoms. The quantitative estimate of drug-likeness (QED) is 0.832. The summed E-state index contributed by atoms with van der Waals surface area (Å²) in [5, 5.41) is 26.9. The molecule has 0 amide bonds. The minimum Gasteiger partial charge on any atom is -0.479 e. The van der Waals surface area contributed by atoms with Gasteiger partial charge in [0.1, 0.15) is 0 Å². The molecule has 16 heavy (non-hydrogen) atoms. The molecule has 0 radical (unpaired) electrons. The fourth-order valence-electron chi connectivity index (χ4n) is 1.49. The van der Waals surface area contributed by atoms with E-state index in [9.17, 15) is 4.79 Å². The maximum atomic E-state index is 11.1. The first-order chi connectivity index (χ1) is 7.58. The van der Waals surface area contributed by atoms with E-state index in [0.717, 1.165) is 0 Å².